The fraction of sp³-hybridized carbons (Fsp3) is 0.375. The van der Waals surface area contributed by atoms with E-state index in [0.29, 0.717) is 25.8 Å². The van der Waals surface area contributed by atoms with Crippen LogP contribution in [-0.4, -0.2) is 53.2 Å². The van der Waals surface area contributed by atoms with Crippen molar-refractivity contribution in [1.29, 1.82) is 0 Å². The quantitative estimate of drug-likeness (QED) is 0.744. The van der Waals surface area contributed by atoms with Crippen molar-refractivity contribution in [3.05, 3.63) is 59.7 Å². The molecule has 162 valence electrons. The van der Waals surface area contributed by atoms with Crippen LogP contribution in [-0.2, 0) is 14.3 Å². The van der Waals surface area contributed by atoms with Crippen molar-refractivity contribution >= 4 is 18.0 Å². The summed E-state index contributed by atoms with van der Waals surface area (Å²) in [5.41, 5.74) is 4.51. The average Bonchev–Trinajstić information content (AvgIpc) is 3.39. The Kier molecular flexibility index (Phi) is 5.93. The third-order valence-electron chi connectivity index (χ3n) is 6.16. The second-order valence-electron chi connectivity index (χ2n) is 7.96. The lowest BCUT2D eigenvalue weighted by Crippen LogP contribution is -2.51. The van der Waals surface area contributed by atoms with Gasteiger partial charge < -0.3 is 20.1 Å². The number of benzene rings is 2. The molecule has 2 aromatic carbocycles. The van der Waals surface area contributed by atoms with Crippen LogP contribution in [0.5, 0.6) is 0 Å². The first-order valence-corrected chi connectivity index (χ1v) is 10.7. The first kappa shape index (κ1) is 20.9. The van der Waals surface area contributed by atoms with Crippen LogP contribution < -0.4 is 5.32 Å². The highest BCUT2D eigenvalue weighted by atomic mass is 16.5. The van der Waals surface area contributed by atoms with Gasteiger partial charge in [-0.1, -0.05) is 55.5 Å². The van der Waals surface area contributed by atoms with Crippen LogP contribution in [0.4, 0.5) is 4.79 Å². The molecule has 2 amide bonds. The van der Waals surface area contributed by atoms with Gasteiger partial charge in [-0.3, -0.25) is 4.79 Å². The van der Waals surface area contributed by atoms with Crippen LogP contribution in [0.15, 0.2) is 48.5 Å². The summed E-state index contributed by atoms with van der Waals surface area (Å²) in [5, 5.41) is 12.0. The first-order valence-electron chi connectivity index (χ1n) is 10.7. The molecule has 1 heterocycles. The standard InChI is InChI=1S/C24H26N2O5/c1-2-20(22(27)26-13-7-12-21(26)23(28)29)25-24(30)31-14-19-17-10-5-3-8-15(17)16-9-4-6-11-18(16)19/h3-6,8-11,19-21H,2,7,12-14H2,1H3,(H,25,30)(H,28,29)/t20-,21+/m1/s1. The zero-order valence-electron chi connectivity index (χ0n) is 17.4. The highest BCUT2D eigenvalue weighted by molar-refractivity contribution is 5.89. The van der Waals surface area contributed by atoms with Gasteiger partial charge in [-0.15, -0.1) is 0 Å². The number of aliphatic carboxylic acids is 1. The minimum atomic E-state index is -1.01. The molecule has 1 aliphatic heterocycles. The molecule has 0 spiro atoms. The van der Waals surface area contributed by atoms with Crippen molar-refractivity contribution in [2.24, 2.45) is 0 Å². The van der Waals surface area contributed by atoms with Gasteiger partial charge in [0.25, 0.3) is 0 Å². The molecule has 7 heteroatoms. The Hall–Kier alpha value is -3.35. The van der Waals surface area contributed by atoms with Crippen molar-refractivity contribution in [2.45, 2.75) is 44.2 Å². The van der Waals surface area contributed by atoms with Crippen molar-refractivity contribution in [3.8, 4) is 11.1 Å². The number of carbonyl (C=O) groups is 3. The van der Waals surface area contributed by atoms with E-state index < -0.39 is 24.1 Å². The zero-order chi connectivity index (χ0) is 22.0. The molecule has 2 aliphatic rings. The molecule has 0 saturated carbocycles. The number of hydrogen-bond donors (Lipinski definition) is 2. The van der Waals surface area contributed by atoms with Crippen LogP contribution in [0.25, 0.3) is 11.1 Å². The number of alkyl carbamates (subject to hydrolysis) is 1. The van der Waals surface area contributed by atoms with Gasteiger partial charge in [-0.2, -0.15) is 0 Å². The molecule has 1 fully saturated rings. The van der Waals surface area contributed by atoms with E-state index in [-0.39, 0.29) is 18.4 Å². The number of nitrogens with one attached hydrogen (secondary N) is 1. The number of rotatable bonds is 6. The number of amides is 2. The van der Waals surface area contributed by atoms with E-state index in [1.165, 1.54) is 4.90 Å². The molecule has 1 aliphatic carbocycles. The van der Waals surface area contributed by atoms with E-state index in [4.69, 9.17) is 4.74 Å². The van der Waals surface area contributed by atoms with Crippen LogP contribution in [0.2, 0.25) is 0 Å². The summed E-state index contributed by atoms with van der Waals surface area (Å²) < 4.78 is 5.52. The van der Waals surface area contributed by atoms with Crippen molar-refractivity contribution < 1.29 is 24.2 Å². The number of ether oxygens (including phenoxy) is 1. The molecule has 7 nitrogen and oxygen atoms in total. The topological polar surface area (TPSA) is 95.9 Å². The Balaban J connectivity index is 1.41. The SMILES string of the molecule is CC[C@@H](NC(=O)OCC1c2ccccc2-c2ccccc21)C(=O)N1CCC[C@H]1C(=O)O. The van der Waals surface area contributed by atoms with E-state index in [2.05, 4.69) is 17.4 Å². The van der Waals surface area contributed by atoms with Gasteiger partial charge in [0.15, 0.2) is 0 Å². The van der Waals surface area contributed by atoms with Gasteiger partial charge >= 0.3 is 12.1 Å². The molecular weight excluding hydrogens is 396 g/mol. The molecule has 0 radical (unpaired) electrons. The van der Waals surface area contributed by atoms with E-state index in [1.54, 1.807) is 6.92 Å². The van der Waals surface area contributed by atoms with Gasteiger partial charge in [0.05, 0.1) is 0 Å². The largest absolute Gasteiger partial charge is 0.480 e. The Morgan fingerprint density at radius 1 is 1.10 bits per heavy atom. The molecule has 0 bridgehead atoms. The maximum Gasteiger partial charge on any atom is 0.407 e. The minimum absolute atomic E-state index is 0.0658. The highest BCUT2D eigenvalue weighted by Crippen LogP contribution is 2.44. The van der Waals surface area contributed by atoms with Crippen molar-refractivity contribution in [1.82, 2.24) is 10.2 Å². The normalized spacial score (nSPS) is 18.2. The number of carbonyl (C=O) groups excluding carboxylic acids is 2. The third-order valence-corrected chi connectivity index (χ3v) is 6.16. The van der Waals surface area contributed by atoms with Crippen LogP contribution >= 0.6 is 0 Å². The smallest absolute Gasteiger partial charge is 0.407 e. The van der Waals surface area contributed by atoms with E-state index >= 15 is 0 Å². The average molecular weight is 422 g/mol. The van der Waals surface area contributed by atoms with Gasteiger partial charge in [-0.25, -0.2) is 9.59 Å². The lowest BCUT2D eigenvalue weighted by Gasteiger charge is -2.26. The van der Waals surface area contributed by atoms with E-state index in [9.17, 15) is 19.5 Å². The van der Waals surface area contributed by atoms with Crippen molar-refractivity contribution in [3.63, 3.8) is 0 Å². The summed E-state index contributed by atoms with van der Waals surface area (Å²) in [4.78, 5) is 38.1. The molecular formula is C24H26N2O5. The summed E-state index contributed by atoms with van der Waals surface area (Å²) in [6, 6.07) is 14.5. The van der Waals surface area contributed by atoms with Gasteiger partial charge in [0.1, 0.15) is 18.7 Å². The number of carboxylic acids is 1. The molecule has 4 rings (SSSR count). The Labute approximate surface area is 181 Å². The summed E-state index contributed by atoms with van der Waals surface area (Å²) in [6.07, 6.45) is 0.756. The van der Waals surface area contributed by atoms with Crippen LogP contribution in [0.3, 0.4) is 0 Å². The van der Waals surface area contributed by atoms with E-state index in [1.807, 2.05) is 36.4 Å². The number of nitrogens with zero attached hydrogens (tertiary/aromatic N) is 1. The molecule has 31 heavy (non-hydrogen) atoms. The summed E-state index contributed by atoms with van der Waals surface area (Å²) in [7, 11) is 0. The first-order chi connectivity index (χ1) is 15.0. The third kappa shape index (κ3) is 4.00. The lowest BCUT2D eigenvalue weighted by atomic mass is 9.98. The molecule has 2 atom stereocenters. The zero-order valence-corrected chi connectivity index (χ0v) is 17.4. The Bertz CT molecular complexity index is 959. The fourth-order valence-electron chi connectivity index (χ4n) is 4.61. The molecule has 0 aromatic heterocycles. The van der Waals surface area contributed by atoms with E-state index in [0.717, 1.165) is 22.3 Å². The summed E-state index contributed by atoms with van der Waals surface area (Å²) in [6.45, 7) is 2.32. The predicted octanol–water partition coefficient (Wildman–Crippen LogP) is 3.38. The Morgan fingerprint density at radius 3 is 2.29 bits per heavy atom. The second-order valence-corrected chi connectivity index (χ2v) is 7.96. The lowest BCUT2D eigenvalue weighted by molar-refractivity contribution is -0.149. The summed E-state index contributed by atoms with van der Waals surface area (Å²) >= 11 is 0. The number of hydrogen-bond acceptors (Lipinski definition) is 4. The van der Waals surface area contributed by atoms with Crippen LogP contribution in [0, 0.1) is 0 Å². The summed E-state index contributed by atoms with van der Waals surface area (Å²) in [5.74, 6) is -1.45. The van der Waals surface area contributed by atoms with Crippen LogP contribution in [0.1, 0.15) is 43.2 Å². The minimum Gasteiger partial charge on any atom is -0.480 e. The maximum atomic E-state index is 12.8. The molecule has 2 aromatic rings. The van der Waals surface area contributed by atoms with Crippen molar-refractivity contribution in [2.75, 3.05) is 13.2 Å². The molecule has 2 N–H and O–H groups in total. The second kappa shape index (κ2) is 8.79. The molecule has 0 unspecified atom stereocenters. The highest BCUT2D eigenvalue weighted by Gasteiger charge is 2.37. The number of fused-ring (bicyclic) bond motifs is 3. The van der Waals surface area contributed by atoms with Gasteiger partial charge in [-0.05, 0) is 41.5 Å². The monoisotopic (exact) mass is 422 g/mol. The maximum absolute atomic E-state index is 12.8. The number of likely N-dealkylation sites (tertiary alicyclic amines) is 1. The van der Waals surface area contributed by atoms with Gasteiger partial charge in [0, 0.05) is 12.5 Å². The fourth-order valence-corrected chi connectivity index (χ4v) is 4.61. The van der Waals surface area contributed by atoms with Gasteiger partial charge in [0.2, 0.25) is 5.91 Å². The number of carboxylic acid groups (broad SMARTS) is 1. The molecule has 1 saturated heterocycles. The Morgan fingerprint density at radius 2 is 1.71 bits per heavy atom. The predicted molar refractivity (Wildman–Crippen MR) is 115 cm³/mol.